The maximum Gasteiger partial charge on any atom is 0.227 e. The molecular weight excluding hydrogens is 346 g/mol. The lowest BCUT2D eigenvalue weighted by atomic mass is 10.1. The number of benzene rings is 1. The number of nitrogens with zero attached hydrogens (tertiary/aromatic N) is 2. The molecule has 0 unspecified atom stereocenters. The van der Waals surface area contributed by atoms with Gasteiger partial charge >= 0.3 is 0 Å². The second-order valence-electron chi connectivity index (χ2n) is 6.20. The van der Waals surface area contributed by atoms with Crippen molar-refractivity contribution < 1.29 is 22.7 Å². The summed E-state index contributed by atoms with van der Waals surface area (Å²) in [5, 5.41) is 2.78. The second kappa shape index (κ2) is 7.01. The molecule has 9 heteroatoms. The number of amides is 2. The van der Waals surface area contributed by atoms with Gasteiger partial charge in [0.25, 0.3) is 0 Å². The first-order valence-corrected chi connectivity index (χ1v) is 9.96. The van der Waals surface area contributed by atoms with Crippen molar-refractivity contribution >= 4 is 27.5 Å². The van der Waals surface area contributed by atoms with Crippen LogP contribution in [0, 0.1) is 0 Å². The van der Waals surface area contributed by atoms with E-state index in [1.807, 2.05) is 0 Å². The molecule has 25 heavy (non-hydrogen) atoms. The van der Waals surface area contributed by atoms with Gasteiger partial charge in [-0.2, -0.15) is 4.31 Å². The van der Waals surface area contributed by atoms with Crippen molar-refractivity contribution in [1.29, 1.82) is 0 Å². The number of rotatable bonds is 3. The van der Waals surface area contributed by atoms with Crippen LogP contribution in [0.1, 0.15) is 12.0 Å². The van der Waals surface area contributed by atoms with E-state index >= 15 is 0 Å². The Bertz CT molecular complexity index is 785. The van der Waals surface area contributed by atoms with E-state index < -0.39 is 10.0 Å². The number of hydrogen-bond donors (Lipinski definition) is 1. The van der Waals surface area contributed by atoms with Crippen molar-refractivity contribution in [2.24, 2.45) is 0 Å². The Labute approximate surface area is 146 Å². The van der Waals surface area contributed by atoms with Gasteiger partial charge in [-0.25, -0.2) is 8.42 Å². The fourth-order valence-corrected chi connectivity index (χ4v) is 3.76. The van der Waals surface area contributed by atoms with Gasteiger partial charge in [0.15, 0.2) is 0 Å². The Kier molecular flexibility index (Phi) is 4.96. The highest BCUT2D eigenvalue weighted by molar-refractivity contribution is 7.88. The number of hydrogen-bond acceptors (Lipinski definition) is 5. The van der Waals surface area contributed by atoms with E-state index in [0.717, 1.165) is 5.56 Å². The molecule has 0 radical (unpaired) electrons. The van der Waals surface area contributed by atoms with Crippen molar-refractivity contribution in [2.75, 3.05) is 44.4 Å². The third kappa shape index (κ3) is 4.29. The first-order chi connectivity index (χ1) is 11.8. The molecule has 0 spiro atoms. The molecule has 3 rings (SSSR count). The number of ether oxygens (including phenoxy) is 1. The molecule has 0 aromatic heterocycles. The summed E-state index contributed by atoms with van der Waals surface area (Å²) in [6.07, 6.45) is 1.67. The molecule has 2 heterocycles. The lowest BCUT2D eigenvalue weighted by molar-refractivity contribution is -0.131. The standard InChI is InChI=1S/C16H21N3O5S/c1-25(22,23)19-7-5-18(6-8-19)16(21)11-12-2-3-14-13(10-12)17-15(20)4-9-24-14/h2-3,10H,4-9,11H2,1H3,(H,17,20). The normalized spacial score (nSPS) is 18.8. The van der Waals surface area contributed by atoms with E-state index in [9.17, 15) is 18.0 Å². The zero-order valence-electron chi connectivity index (χ0n) is 14.0. The van der Waals surface area contributed by atoms with Gasteiger partial charge in [-0.3, -0.25) is 9.59 Å². The molecule has 1 aromatic rings. The van der Waals surface area contributed by atoms with Gasteiger partial charge in [0, 0.05) is 26.2 Å². The van der Waals surface area contributed by atoms with Gasteiger partial charge in [-0.15, -0.1) is 0 Å². The fraction of sp³-hybridized carbons (Fsp3) is 0.500. The molecule has 1 N–H and O–H groups in total. The smallest absolute Gasteiger partial charge is 0.227 e. The van der Waals surface area contributed by atoms with Gasteiger partial charge in [-0.1, -0.05) is 6.07 Å². The van der Waals surface area contributed by atoms with Gasteiger partial charge < -0.3 is 15.0 Å². The molecule has 0 bridgehead atoms. The van der Waals surface area contributed by atoms with Gasteiger partial charge in [-0.05, 0) is 17.7 Å². The summed E-state index contributed by atoms with van der Waals surface area (Å²) < 4.78 is 29.9. The molecule has 1 aromatic carbocycles. The van der Waals surface area contributed by atoms with Crippen molar-refractivity contribution in [1.82, 2.24) is 9.21 Å². The number of carbonyl (C=O) groups is 2. The SMILES string of the molecule is CS(=O)(=O)N1CCN(C(=O)Cc2ccc3c(c2)NC(=O)CCO3)CC1. The molecule has 1 saturated heterocycles. The van der Waals surface area contributed by atoms with Crippen LogP contribution in [0.2, 0.25) is 0 Å². The molecule has 0 aliphatic carbocycles. The Balaban J connectivity index is 1.63. The summed E-state index contributed by atoms with van der Waals surface area (Å²) in [5.74, 6) is 0.428. The lowest BCUT2D eigenvalue weighted by Gasteiger charge is -2.33. The average Bonchev–Trinajstić information content (AvgIpc) is 2.74. The summed E-state index contributed by atoms with van der Waals surface area (Å²) in [6.45, 7) is 1.74. The fourth-order valence-electron chi connectivity index (χ4n) is 2.93. The number of fused-ring (bicyclic) bond motifs is 1. The highest BCUT2D eigenvalue weighted by Crippen LogP contribution is 2.28. The van der Waals surface area contributed by atoms with Crippen LogP contribution in [0.15, 0.2) is 18.2 Å². The second-order valence-corrected chi connectivity index (χ2v) is 8.18. The Morgan fingerprint density at radius 3 is 2.64 bits per heavy atom. The first kappa shape index (κ1) is 17.7. The largest absolute Gasteiger partial charge is 0.491 e. The molecule has 2 aliphatic heterocycles. The van der Waals surface area contributed by atoms with Crippen molar-refractivity contribution in [3.63, 3.8) is 0 Å². The third-order valence-electron chi connectivity index (χ3n) is 4.32. The lowest BCUT2D eigenvalue weighted by Crippen LogP contribution is -2.50. The van der Waals surface area contributed by atoms with Gasteiger partial charge in [0.2, 0.25) is 21.8 Å². The van der Waals surface area contributed by atoms with E-state index in [-0.39, 0.29) is 18.2 Å². The zero-order chi connectivity index (χ0) is 18.0. The highest BCUT2D eigenvalue weighted by atomic mass is 32.2. The summed E-state index contributed by atoms with van der Waals surface area (Å²) in [7, 11) is -3.21. The van der Waals surface area contributed by atoms with Crippen LogP contribution < -0.4 is 10.1 Å². The predicted molar refractivity (Wildman–Crippen MR) is 91.9 cm³/mol. The van der Waals surface area contributed by atoms with Crippen molar-refractivity contribution in [3.05, 3.63) is 23.8 Å². The maximum absolute atomic E-state index is 12.5. The summed E-state index contributed by atoms with van der Waals surface area (Å²) in [4.78, 5) is 25.8. The molecule has 0 atom stereocenters. The topological polar surface area (TPSA) is 96.0 Å². The number of piperazine rings is 1. The number of carbonyl (C=O) groups excluding carboxylic acids is 2. The van der Waals surface area contributed by atoms with E-state index in [2.05, 4.69) is 5.32 Å². The van der Waals surface area contributed by atoms with Crippen LogP contribution in [0.4, 0.5) is 5.69 Å². The zero-order valence-corrected chi connectivity index (χ0v) is 14.8. The minimum atomic E-state index is -3.21. The molecule has 136 valence electrons. The maximum atomic E-state index is 12.5. The van der Waals surface area contributed by atoms with Crippen molar-refractivity contribution in [3.8, 4) is 5.75 Å². The number of nitrogens with one attached hydrogen (secondary N) is 1. The summed E-state index contributed by atoms with van der Waals surface area (Å²) >= 11 is 0. The Morgan fingerprint density at radius 2 is 1.96 bits per heavy atom. The molecule has 8 nitrogen and oxygen atoms in total. The molecule has 0 saturated carbocycles. The van der Waals surface area contributed by atoms with Crippen LogP contribution in [0.5, 0.6) is 5.75 Å². The van der Waals surface area contributed by atoms with Crippen LogP contribution in [-0.2, 0) is 26.0 Å². The van der Waals surface area contributed by atoms with Gasteiger partial charge in [0.1, 0.15) is 5.75 Å². The van der Waals surface area contributed by atoms with E-state index in [1.165, 1.54) is 10.6 Å². The van der Waals surface area contributed by atoms with Crippen LogP contribution in [0.3, 0.4) is 0 Å². The van der Waals surface area contributed by atoms with Crippen molar-refractivity contribution in [2.45, 2.75) is 12.8 Å². The third-order valence-corrected chi connectivity index (χ3v) is 5.62. The van der Waals surface area contributed by atoms with Crippen LogP contribution >= 0.6 is 0 Å². The van der Waals surface area contributed by atoms with E-state index in [4.69, 9.17) is 4.74 Å². The van der Waals surface area contributed by atoms with Crippen LogP contribution in [-0.4, -0.2) is 68.5 Å². The molecule has 1 fully saturated rings. The Hall–Kier alpha value is -2.13. The minimum Gasteiger partial charge on any atom is -0.491 e. The number of sulfonamides is 1. The highest BCUT2D eigenvalue weighted by Gasteiger charge is 2.26. The predicted octanol–water partition coefficient (Wildman–Crippen LogP) is 0.0539. The van der Waals surface area contributed by atoms with Crippen LogP contribution in [0.25, 0.3) is 0 Å². The van der Waals surface area contributed by atoms with E-state index in [1.54, 1.807) is 23.1 Å². The molecule has 2 amide bonds. The van der Waals surface area contributed by atoms with E-state index in [0.29, 0.717) is 50.6 Å². The first-order valence-electron chi connectivity index (χ1n) is 8.11. The molecular formula is C16H21N3O5S. The summed E-state index contributed by atoms with van der Waals surface area (Å²) in [5.41, 5.74) is 1.36. The quantitative estimate of drug-likeness (QED) is 0.815. The molecule has 2 aliphatic rings. The Morgan fingerprint density at radius 1 is 1.24 bits per heavy atom. The minimum absolute atomic E-state index is 0.0611. The monoisotopic (exact) mass is 367 g/mol. The number of anilines is 1. The average molecular weight is 367 g/mol. The van der Waals surface area contributed by atoms with Gasteiger partial charge in [0.05, 0.1) is 31.4 Å². The summed E-state index contributed by atoms with van der Waals surface area (Å²) in [6, 6.07) is 5.31.